The fourth-order valence-electron chi connectivity index (χ4n) is 5.69. The van der Waals surface area contributed by atoms with Gasteiger partial charge in [0.1, 0.15) is 0 Å². The SMILES string of the molecule is COc1cc(CN2CCCn3c4c(c5cc(C)ccc53)CCCC42)cc2c1OCO2. The van der Waals surface area contributed by atoms with Gasteiger partial charge in [-0.2, -0.15) is 0 Å². The highest BCUT2D eigenvalue weighted by molar-refractivity contribution is 5.87. The quantitative estimate of drug-likeness (QED) is 0.617. The van der Waals surface area contributed by atoms with Crippen molar-refractivity contribution in [3.8, 4) is 17.2 Å². The predicted molar refractivity (Wildman–Crippen MR) is 116 cm³/mol. The van der Waals surface area contributed by atoms with E-state index in [1.165, 1.54) is 47.7 Å². The Morgan fingerprint density at radius 2 is 2.03 bits per heavy atom. The minimum absolute atomic E-state index is 0.268. The molecule has 0 fully saturated rings. The molecule has 3 aliphatic rings. The summed E-state index contributed by atoms with van der Waals surface area (Å²) < 4.78 is 19.4. The molecule has 1 aliphatic carbocycles. The van der Waals surface area contributed by atoms with Crippen LogP contribution in [0.1, 0.15) is 47.7 Å². The van der Waals surface area contributed by atoms with Gasteiger partial charge < -0.3 is 18.8 Å². The zero-order chi connectivity index (χ0) is 20.2. The van der Waals surface area contributed by atoms with E-state index >= 15 is 0 Å². The second-order valence-electron chi connectivity index (χ2n) is 8.80. The third-order valence-corrected chi connectivity index (χ3v) is 6.96. The zero-order valence-corrected chi connectivity index (χ0v) is 17.7. The number of benzene rings is 2. The topological polar surface area (TPSA) is 35.9 Å². The van der Waals surface area contributed by atoms with Gasteiger partial charge >= 0.3 is 0 Å². The third kappa shape index (κ3) is 2.72. The largest absolute Gasteiger partial charge is 0.493 e. The maximum atomic E-state index is 5.66. The van der Waals surface area contributed by atoms with Gasteiger partial charge in [-0.25, -0.2) is 0 Å². The highest BCUT2D eigenvalue weighted by Gasteiger charge is 2.33. The van der Waals surface area contributed by atoms with Crippen LogP contribution in [0.25, 0.3) is 10.9 Å². The summed E-state index contributed by atoms with van der Waals surface area (Å²) in [6, 6.07) is 11.7. The maximum absolute atomic E-state index is 5.66. The molecule has 1 aromatic heterocycles. The molecule has 0 N–H and O–H groups in total. The summed E-state index contributed by atoms with van der Waals surface area (Å²) >= 11 is 0. The summed E-state index contributed by atoms with van der Waals surface area (Å²) in [5, 5.41) is 1.47. The molecule has 1 atom stereocenters. The summed E-state index contributed by atoms with van der Waals surface area (Å²) in [4.78, 5) is 2.67. The number of fused-ring (bicyclic) bond motifs is 4. The molecule has 0 radical (unpaired) electrons. The van der Waals surface area contributed by atoms with Crippen LogP contribution in [0.5, 0.6) is 17.2 Å². The zero-order valence-electron chi connectivity index (χ0n) is 17.7. The van der Waals surface area contributed by atoms with Crippen LogP contribution in [0.2, 0.25) is 0 Å². The molecular weight excluding hydrogens is 376 g/mol. The Kier molecular flexibility index (Phi) is 4.20. The van der Waals surface area contributed by atoms with E-state index in [1.54, 1.807) is 18.4 Å². The molecule has 0 bridgehead atoms. The van der Waals surface area contributed by atoms with E-state index in [-0.39, 0.29) is 6.79 Å². The Bertz CT molecular complexity index is 1130. The summed E-state index contributed by atoms with van der Waals surface area (Å²) in [5.41, 5.74) is 7.14. The molecule has 0 saturated heterocycles. The lowest BCUT2D eigenvalue weighted by Crippen LogP contribution is -2.31. The molecule has 30 heavy (non-hydrogen) atoms. The van der Waals surface area contributed by atoms with Gasteiger partial charge in [0.05, 0.1) is 13.2 Å². The van der Waals surface area contributed by atoms with Crippen molar-refractivity contribution < 1.29 is 14.2 Å². The Hall–Kier alpha value is -2.66. The van der Waals surface area contributed by atoms with E-state index in [9.17, 15) is 0 Å². The monoisotopic (exact) mass is 404 g/mol. The van der Waals surface area contributed by atoms with Crippen LogP contribution in [-0.2, 0) is 19.5 Å². The van der Waals surface area contributed by atoms with E-state index in [0.717, 1.165) is 36.9 Å². The molecule has 0 saturated carbocycles. The van der Waals surface area contributed by atoms with Gasteiger partial charge in [0, 0.05) is 36.2 Å². The van der Waals surface area contributed by atoms with Crippen molar-refractivity contribution in [3.63, 3.8) is 0 Å². The lowest BCUT2D eigenvalue weighted by Gasteiger charge is -2.33. The Labute approximate surface area is 177 Å². The minimum Gasteiger partial charge on any atom is -0.493 e. The number of hydrogen-bond acceptors (Lipinski definition) is 4. The number of nitrogens with zero attached hydrogens (tertiary/aromatic N) is 2. The van der Waals surface area contributed by atoms with E-state index in [2.05, 4.69) is 46.7 Å². The van der Waals surface area contributed by atoms with Crippen molar-refractivity contribution in [1.29, 1.82) is 0 Å². The molecule has 5 heteroatoms. The van der Waals surface area contributed by atoms with Crippen molar-refractivity contribution in [2.24, 2.45) is 0 Å². The molecule has 5 nitrogen and oxygen atoms in total. The average molecular weight is 405 g/mol. The molecule has 6 rings (SSSR count). The fraction of sp³-hybridized carbons (Fsp3) is 0.440. The van der Waals surface area contributed by atoms with Gasteiger partial charge in [0.2, 0.25) is 12.5 Å². The molecule has 1 unspecified atom stereocenters. The van der Waals surface area contributed by atoms with Crippen LogP contribution in [0, 0.1) is 6.92 Å². The van der Waals surface area contributed by atoms with Crippen LogP contribution in [0.4, 0.5) is 0 Å². The molecule has 156 valence electrons. The summed E-state index contributed by atoms with van der Waals surface area (Å²) in [7, 11) is 1.70. The molecular formula is C25H28N2O3. The number of aryl methyl sites for hydroxylation is 3. The molecule has 2 aliphatic heterocycles. The third-order valence-electron chi connectivity index (χ3n) is 6.96. The van der Waals surface area contributed by atoms with Crippen LogP contribution >= 0.6 is 0 Å². The van der Waals surface area contributed by atoms with Gasteiger partial charge in [0.25, 0.3) is 0 Å². The van der Waals surface area contributed by atoms with E-state index in [1.807, 2.05) is 0 Å². The summed E-state index contributed by atoms with van der Waals surface area (Å²) in [6.07, 6.45) is 4.85. The molecule has 2 aromatic carbocycles. The second-order valence-corrected chi connectivity index (χ2v) is 8.80. The molecule has 3 aromatic rings. The van der Waals surface area contributed by atoms with Crippen molar-refractivity contribution in [3.05, 3.63) is 52.7 Å². The summed E-state index contributed by atoms with van der Waals surface area (Å²) in [6.45, 7) is 5.58. The molecule has 0 spiro atoms. The van der Waals surface area contributed by atoms with Crippen LogP contribution in [0.15, 0.2) is 30.3 Å². The van der Waals surface area contributed by atoms with Gasteiger partial charge in [-0.1, -0.05) is 11.6 Å². The van der Waals surface area contributed by atoms with Gasteiger partial charge in [0.15, 0.2) is 11.5 Å². The van der Waals surface area contributed by atoms with E-state index in [0.29, 0.717) is 6.04 Å². The average Bonchev–Trinajstić information content (AvgIpc) is 3.29. The smallest absolute Gasteiger partial charge is 0.231 e. The first-order valence-electron chi connectivity index (χ1n) is 11.0. The number of methoxy groups -OCH3 is 1. The van der Waals surface area contributed by atoms with Crippen molar-refractivity contribution in [2.75, 3.05) is 20.4 Å². The number of ether oxygens (including phenoxy) is 3. The number of rotatable bonds is 3. The second kappa shape index (κ2) is 6.95. The lowest BCUT2D eigenvalue weighted by atomic mass is 9.90. The first-order chi connectivity index (χ1) is 14.7. The van der Waals surface area contributed by atoms with Crippen LogP contribution < -0.4 is 14.2 Å². The Balaban J connectivity index is 1.41. The normalized spacial score (nSPS) is 20.3. The van der Waals surface area contributed by atoms with Crippen molar-refractivity contribution >= 4 is 10.9 Å². The first-order valence-corrected chi connectivity index (χ1v) is 11.0. The lowest BCUT2D eigenvalue weighted by molar-refractivity contribution is 0.170. The van der Waals surface area contributed by atoms with Crippen LogP contribution in [-0.4, -0.2) is 29.9 Å². The van der Waals surface area contributed by atoms with E-state index in [4.69, 9.17) is 14.2 Å². The highest BCUT2D eigenvalue weighted by Crippen LogP contribution is 2.45. The first kappa shape index (κ1) is 18.1. The Morgan fingerprint density at radius 1 is 1.10 bits per heavy atom. The Morgan fingerprint density at radius 3 is 2.93 bits per heavy atom. The maximum Gasteiger partial charge on any atom is 0.231 e. The number of hydrogen-bond donors (Lipinski definition) is 0. The van der Waals surface area contributed by atoms with Crippen LogP contribution in [0.3, 0.4) is 0 Å². The van der Waals surface area contributed by atoms with Crippen molar-refractivity contribution in [1.82, 2.24) is 9.47 Å². The highest BCUT2D eigenvalue weighted by atomic mass is 16.7. The fourth-order valence-corrected chi connectivity index (χ4v) is 5.69. The molecule has 3 heterocycles. The number of aromatic nitrogens is 1. The van der Waals surface area contributed by atoms with Crippen molar-refractivity contribution in [2.45, 2.75) is 51.7 Å². The van der Waals surface area contributed by atoms with Gasteiger partial charge in [-0.05, 0) is 68.0 Å². The van der Waals surface area contributed by atoms with E-state index < -0.39 is 0 Å². The summed E-state index contributed by atoms with van der Waals surface area (Å²) in [5.74, 6) is 2.30. The minimum atomic E-state index is 0.268. The van der Waals surface area contributed by atoms with Gasteiger partial charge in [-0.15, -0.1) is 0 Å². The van der Waals surface area contributed by atoms with Gasteiger partial charge in [-0.3, -0.25) is 4.90 Å². The molecule has 0 amide bonds. The predicted octanol–water partition coefficient (Wildman–Crippen LogP) is 4.97. The standard InChI is InChI=1S/C25H28N2O3/c1-16-7-8-20-19(11-16)18-5-3-6-21-24(18)27(20)10-4-9-26(21)14-17-12-22(28-2)25-23(13-17)29-15-30-25/h7-8,11-13,21H,3-6,9-10,14-15H2,1-2H3.